The number of aromatic nitrogens is 2. The Kier molecular flexibility index (Phi) is 10.2. The molecule has 0 aliphatic heterocycles. The lowest BCUT2D eigenvalue weighted by Gasteiger charge is -2.06. The first kappa shape index (κ1) is 22.0. The zero-order chi connectivity index (χ0) is 20.0. The van der Waals surface area contributed by atoms with Crippen LogP contribution in [0.2, 0.25) is 0 Å². The van der Waals surface area contributed by atoms with Crippen LogP contribution in [0.3, 0.4) is 0 Å². The number of anilines is 1. The van der Waals surface area contributed by atoms with Crippen LogP contribution in [-0.2, 0) is 0 Å². The fourth-order valence-electron chi connectivity index (χ4n) is 3.15. The molecular formula is C23H36N4O. The lowest BCUT2D eigenvalue weighted by molar-refractivity contribution is 0.304. The maximum absolute atomic E-state index is 5.84. The van der Waals surface area contributed by atoms with Crippen LogP contribution < -0.4 is 10.5 Å². The molecular weight excluding hydrogens is 348 g/mol. The quantitative estimate of drug-likeness (QED) is 0.323. The van der Waals surface area contributed by atoms with Crippen LogP contribution in [-0.4, -0.2) is 22.5 Å². The number of rotatable bonds is 14. The third kappa shape index (κ3) is 8.59. The lowest BCUT2D eigenvalue weighted by Crippen LogP contribution is -1.98. The molecule has 1 aromatic carbocycles. The number of nitrogen functional groups attached to an aromatic ring is 1. The number of unbranched alkanes of at least 4 members (excludes halogenated alkanes) is 9. The molecule has 0 spiro atoms. The van der Waals surface area contributed by atoms with Crippen molar-refractivity contribution in [2.75, 3.05) is 12.3 Å². The minimum absolute atomic E-state index is 0.394. The summed E-state index contributed by atoms with van der Waals surface area (Å²) in [5, 5.41) is 4.32. The Morgan fingerprint density at radius 1 is 0.964 bits per heavy atom. The molecule has 1 aromatic heterocycles. The second-order valence-corrected chi connectivity index (χ2v) is 7.43. The van der Waals surface area contributed by atoms with Crippen molar-refractivity contribution >= 4 is 12.2 Å². The highest BCUT2D eigenvalue weighted by atomic mass is 16.5. The van der Waals surface area contributed by atoms with Gasteiger partial charge in [-0.25, -0.2) is 9.66 Å². The molecule has 2 aromatic rings. The minimum atomic E-state index is 0.394. The maximum Gasteiger partial charge on any atom is 0.221 e. The van der Waals surface area contributed by atoms with Gasteiger partial charge in [0.05, 0.1) is 24.7 Å². The van der Waals surface area contributed by atoms with Gasteiger partial charge in [-0.3, -0.25) is 0 Å². The molecule has 154 valence electrons. The van der Waals surface area contributed by atoms with Crippen molar-refractivity contribution in [2.45, 2.75) is 78.1 Å². The van der Waals surface area contributed by atoms with Crippen molar-refractivity contribution in [3.8, 4) is 5.75 Å². The second-order valence-electron chi connectivity index (χ2n) is 7.43. The van der Waals surface area contributed by atoms with E-state index in [-0.39, 0.29) is 0 Å². The number of hydrogen-bond acceptors (Lipinski definition) is 4. The smallest absolute Gasteiger partial charge is 0.221 e. The number of nitrogens with zero attached hydrogens (tertiary/aromatic N) is 3. The summed E-state index contributed by atoms with van der Waals surface area (Å²) in [6, 6.07) is 7.97. The molecule has 0 aliphatic carbocycles. The molecule has 2 N–H and O–H groups in total. The lowest BCUT2D eigenvalue weighted by atomic mass is 10.1. The second kappa shape index (κ2) is 13.0. The Balaban J connectivity index is 1.56. The number of imidazole rings is 1. The van der Waals surface area contributed by atoms with Gasteiger partial charge in [-0.1, -0.05) is 64.7 Å². The molecule has 0 atom stereocenters. The molecule has 0 aliphatic rings. The monoisotopic (exact) mass is 384 g/mol. The molecule has 0 saturated carbocycles. The summed E-state index contributed by atoms with van der Waals surface area (Å²) in [5.74, 6) is 1.30. The van der Waals surface area contributed by atoms with E-state index in [1.807, 2.05) is 31.2 Å². The zero-order valence-electron chi connectivity index (χ0n) is 17.6. The van der Waals surface area contributed by atoms with E-state index in [0.717, 1.165) is 30.0 Å². The minimum Gasteiger partial charge on any atom is -0.494 e. The topological polar surface area (TPSA) is 65.4 Å². The molecule has 2 rings (SSSR count). The zero-order valence-corrected chi connectivity index (χ0v) is 17.6. The summed E-state index contributed by atoms with van der Waals surface area (Å²) < 4.78 is 7.41. The molecule has 5 nitrogen and oxygen atoms in total. The predicted octanol–water partition coefficient (Wildman–Crippen LogP) is 5.96. The van der Waals surface area contributed by atoms with E-state index in [0.29, 0.717) is 5.95 Å². The Hall–Kier alpha value is -2.30. The van der Waals surface area contributed by atoms with Crippen molar-refractivity contribution in [2.24, 2.45) is 5.10 Å². The van der Waals surface area contributed by atoms with E-state index in [4.69, 9.17) is 10.5 Å². The summed E-state index contributed by atoms with van der Waals surface area (Å²) in [6.07, 6.45) is 17.0. The summed E-state index contributed by atoms with van der Waals surface area (Å²) in [7, 11) is 0. The van der Waals surface area contributed by atoms with Crippen molar-refractivity contribution in [3.05, 3.63) is 41.7 Å². The van der Waals surface area contributed by atoms with Crippen LogP contribution in [0.1, 0.15) is 82.4 Å². The van der Waals surface area contributed by atoms with Crippen LogP contribution in [0.15, 0.2) is 35.6 Å². The third-order valence-corrected chi connectivity index (χ3v) is 4.81. The number of nitrogens with two attached hydrogens (primary N) is 1. The van der Waals surface area contributed by atoms with Gasteiger partial charge in [0.15, 0.2) is 0 Å². The van der Waals surface area contributed by atoms with Crippen LogP contribution in [0.4, 0.5) is 5.95 Å². The van der Waals surface area contributed by atoms with Gasteiger partial charge in [0.1, 0.15) is 5.75 Å². The van der Waals surface area contributed by atoms with Crippen molar-refractivity contribution in [3.63, 3.8) is 0 Å². The van der Waals surface area contributed by atoms with E-state index in [1.165, 1.54) is 57.8 Å². The Morgan fingerprint density at radius 2 is 1.57 bits per heavy atom. The number of benzene rings is 1. The average Bonchev–Trinajstić information content (AvgIpc) is 3.02. The number of aryl methyl sites for hydroxylation is 1. The highest BCUT2D eigenvalue weighted by Gasteiger charge is 1.99. The van der Waals surface area contributed by atoms with E-state index in [1.54, 1.807) is 17.1 Å². The molecule has 0 bridgehead atoms. The highest BCUT2D eigenvalue weighted by molar-refractivity contribution is 5.79. The third-order valence-electron chi connectivity index (χ3n) is 4.81. The van der Waals surface area contributed by atoms with Gasteiger partial charge >= 0.3 is 0 Å². The molecule has 28 heavy (non-hydrogen) atoms. The van der Waals surface area contributed by atoms with Gasteiger partial charge in [0, 0.05) is 0 Å². The average molecular weight is 385 g/mol. The van der Waals surface area contributed by atoms with Crippen LogP contribution in [0.5, 0.6) is 5.75 Å². The summed E-state index contributed by atoms with van der Waals surface area (Å²) >= 11 is 0. The van der Waals surface area contributed by atoms with Crippen LogP contribution >= 0.6 is 0 Å². The Morgan fingerprint density at radius 3 is 2.14 bits per heavy atom. The van der Waals surface area contributed by atoms with Crippen molar-refractivity contribution in [1.82, 2.24) is 9.66 Å². The molecule has 1 heterocycles. The van der Waals surface area contributed by atoms with Crippen LogP contribution in [0, 0.1) is 6.92 Å². The van der Waals surface area contributed by atoms with E-state index in [9.17, 15) is 0 Å². The molecule has 0 radical (unpaired) electrons. The molecule has 0 unspecified atom stereocenters. The standard InChI is InChI=1S/C23H36N4O/c1-3-4-5-6-7-8-9-10-11-12-17-28-22-15-13-21(14-16-22)18-25-27-19-20(2)26-23(27)24/h13-16,18-19H,3-12,17H2,1-2H3,(H2,24,26). The predicted molar refractivity (Wildman–Crippen MR) is 118 cm³/mol. The van der Waals surface area contributed by atoms with Crippen LogP contribution in [0.25, 0.3) is 0 Å². The van der Waals surface area contributed by atoms with E-state index < -0.39 is 0 Å². The van der Waals surface area contributed by atoms with Gasteiger partial charge in [-0.15, -0.1) is 0 Å². The van der Waals surface area contributed by atoms with Crippen molar-refractivity contribution in [1.29, 1.82) is 0 Å². The molecule has 0 amide bonds. The number of hydrogen-bond donors (Lipinski definition) is 1. The molecule has 0 fully saturated rings. The van der Waals surface area contributed by atoms with Gasteiger partial charge in [0.25, 0.3) is 0 Å². The Labute approximate surface area is 170 Å². The summed E-state index contributed by atoms with van der Waals surface area (Å²) in [6.45, 7) is 4.95. The maximum atomic E-state index is 5.84. The summed E-state index contributed by atoms with van der Waals surface area (Å²) in [4.78, 5) is 4.12. The van der Waals surface area contributed by atoms with Crippen molar-refractivity contribution < 1.29 is 4.74 Å². The molecule has 0 saturated heterocycles. The normalized spacial score (nSPS) is 11.4. The van der Waals surface area contributed by atoms with E-state index >= 15 is 0 Å². The first-order valence-electron chi connectivity index (χ1n) is 10.8. The first-order valence-corrected chi connectivity index (χ1v) is 10.8. The first-order chi connectivity index (χ1) is 13.7. The van der Waals surface area contributed by atoms with E-state index in [2.05, 4.69) is 17.0 Å². The van der Waals surface area contributed by atoms with Gasteiger partial charge in [-0.2, -0.15) is 5.10 Å². The largest absolute Gasteiger partial charge is 0.494 e. The fourth-order valence-corrected chi connectivity index (χ4v) is 3.15. The van der Waals surface area contributed by atoms with Gasteiger partial charge in [-0.05, 0) is 43.2 Å². The number of ether oxygens (including phenoxy) is 1. The highest BCUT2D eigenvalue weighted by Crippen LogP contribution is 2.14. The van der Waals surface area contributed by atoms with Gasteiger partial charge < -0.3 is 10.5 Å². The SMILES string of the molecule is CCCCCCCCCCCCOc1ccc(C=Nn2cc(C)nc2N)cc1. The fraction of sp³-hybridized carbons (Fsp3) is 0.565. The molecule has 5 heteroatoms. The Bertz CT molecular complexity index is 691. The van der Waals surface area contributed by atoms with Gasteiger partial charge in [0.2, 0.25) is 5.95 Å². The summed E-state index contributed by atoms with van der Waals surface area (Å²) in [5.41, 5.74) is 7.63.